The average Bonchev–Trinajstić information content (AvgIpc) is 2.89. The largest absolute Gasteiger partial charge is 0.356 e. The van der Waals surface area contributed by atoms with E-state index in [4.69, 9.17) is 5.26 Å². The van der Waals surface area contributed by atoms with Gasteiger partial charge in [0.2, 0.25) is 0 Å². The SMILES string of the molecule is N#Cc1ccc2ncc3[nH]c(CC(=O)OF)nc3c2c1. The molecular weight excluding hydrogens is 263 g/mol. The fourth-order valence-corrected chi connectivity index (χ4v) is 2.03. The minimum Gasteiger partial charge on any atom is -0.340 e. The Kier molecular flexibility index (Phi) is 2.76. The van der Waals surface area contributed by atoms with E-state index in [0.29, 0.717) is 27.5 Å². The number of carbonyl (C=O) groups excluding carboxylic acids is 1. The average molecular weight is 270 g/mol. The van der Waals surface area contributed by atoms with Gasteiger partial charge in [0.15, 0.2) is 0 Å². The molecule has 0 fully saturated rings. The van der Waals surface area contributed by atoms with Crippen molar-refractivity contribution in [1.29, 1.82) is 5.26 Å². The number of imidazole rings is 1. The smallest absolute Gasteiger partial charge is 0.340 e. The highest BCUT2D eigenvalue weighted by Crippen LogP contribution is 2.22. The Hall–Kier alpha value is -3.01. The van der Waals surface area contributed by atoms with E-state index in [1.165, 1.54) is 0 Å². The Bertz CT molecular complexity index is 866. The van der Waals surface area contributed by atoms with Gasteiger partial charge in [-0.05, 0) is 18.2 Å². The summed E-state index contributed by atoms with van der Waals surface area (Å²) in [5.74, 6) is -0.752. The zero-order chi connectivity index (χ0) is 14.1. The van der Waals surface area contributed by atoms with Crippen LogP contribution >= 0.6 is 0 Å². The molecule has 0 aliphatic rings. The van der Waals surface area contributed by atoms with Crippen LogP contribution in [-0.2, 0) is 16.2 Å². The van der Waals surface area contributed by atoms with E-state index in [0.717, 1.165) is 0 Å². The number of H-pyrrole nitrogens is 1. The van der Waals surface area contributed by atoms with Gasteiger partial charge in [-0.2, -0.15) is 5.26 Å². The normalized spacial score (nSPS) is 10.6. The molecule has 0 spiro atoms. The van der Waals surface area contributed by atoms with Crippen LogP contribution in [-0.4, -0.2) is 20.9 Å². The number of rotatable bonds is 2. The molecule has 7 heteroatoms. The first-order valence-corrected chi connectivity index (χ1v) is 5.70. The van der Waals surface area contributed by atoms with Gasteiger partial charge in [-0.25, -0.2) is 9.78 Å². The van der Waals surface area contributed by atoms with Gasteiger partial charge in [0, 0.05) is 9.91 Å². The van der Waals surface area contributed by atoms with Crippen molar-refractivity contribution in [1.82, 2.24) is 15.0 Å². The molecule has 2 aromatic heterocycles. The number of nitrogens with zero attached hydrogens (tertiary/aromatic N) is 3. The van der Waals surface area contributed by atoms with Crippen LogP contribution in [0, 0.1) is 11.3 Å². The molecule has 0 saturated heterocycles. The second-order valence-electron chi connectivity index (χ2n) is 4.17. The molecule has 6 nitrogen and oxygen atoms in total. The van der Waals surface area contributed by atoms with Crippen LogP contribution in [0.2, 0.25) is 0 Å². The number of aromatic amines is 1. The van der Waals surface area contributed by atoms with Crippen LogP contribution in [0.3, 0.4) is 0 Å². The highest BCUT2D eigenvalue weighted by atomic mass is 19.3. The summed E-state index contributed by atoms with van der Waals surface area (Å²) in [4.78, 5) is 25.3. The Morgan fingerprint density at radius 1 is 1.50 bits per heavy atom. The molecule has 0 amide bonds. The van der Waals surface area contributed by atoms with Gasteiger partial charge >= 0.3 is 5.97 Å². The first kappa shape index (κ1) is 12.0. The Labute approximate surface area is 111 Å². The maximum Gasteiger partial charge on any atom is 0.356 e. The number of carbonyl (C=O) groups is 1. The summed E-state index contributed by atoms with van der Waals surface area (Å²) in [5.41, 5.74) is 2.35. The number of hydrogen-bond acceptors (Lipinski definition) is 5. The van der Waals surface area contributed by atoms with Crippen LogP contribution in [0.1, 0.15) is 11.4 Å². The third-order valence-electron chi connectivity index (χ3n) is 2.89. The summed E-state index contributed by atoms with van der Waals surface area (Å²) < 4.78 is 11.7. The second kappa shape index (κ2) is 4.59. The topological polar surface area (TPSA) is 91.7 Å². The number of hydrogen-bond donors (Lipinski definition) is 1. The lowest BCUT2D eigenvalue weighted by Crippen LogP contribution is -2.03. The molecule has 98 valence electrons. The van der Waals surface area contributed by atoms with Crippen molar-refractivity contribution in [2.75, 3.05) is 0 Å². The van der Waals surface area contributed by atoms with Crippen LogP contribution < -0.4 is 0 Å². The maximum absolute atomic E-state index is 11.7. The van der Waals surface area contributed by atoms with Crippen LogP contribution in [0.4, 0.5) is 4.53 Å². The summed E-state index contributed by atoms with van der Waals surface area (Å²) in [6.45, 7) is 0. The van der Waals surface area contributed by atoms with Crippen molar-refractivity contribution in [3.63, 3.8) is 0 Å². The van der Waals surface area contributed by atoms with Gasteiger partial charge in [0.25, 0.3) is 0 Å². The van der Waals surface area contributed by atoms with E-state index < -0.39 is 5.97 Å². The van der Waals surface area contributed by atoms with E-state index in [1.54, 1.807) is 24.4 Å². The Morgan fingerprint density at radius 2 is 2.35 bits per heavy atom. The summed E-state index contributed by atoms with van der Waals surface area (Å²) in [6.07, 6.45) is 1.27. The van der Waals surface area contributed by atoms with Crippen molar-refractivity contribution < 1.29 is 14.3 Å². The second-order valence-corrected chi connectivity index (χ2v) is 4.17. The fourth-order valence-electron chi connectivity index (χ4n) is 2.03. The molecule has 3 aromatic rings. The van der Waals surface area contributed by atoms with E-state index in [-0.39, 0.29) is 12.2 Å². The number of pyridine rings is 1. The number of nitrogens with one attached hydrogen (secondary N) is 1. The van der Waals surface area contributed by atoms with Gasteiger partial charge in [-0.1, -0.05) is 0 Å². The van der Waals surface area contributed by atoms with Gasteiger partial charge in [0.05, 0.1) is 34.4 Å². The Morgan fingerprint density at radius 3 is 3.10 bits per heavy atom. The quantitative estimate of drug-likeness (QED) is 0.768. The van der Waals surface area contributed by atoms with E-state index in [9.17, 15) is 9.32 Å². The van der Waals surface area contributed by atoms with Crippen LogP contribution in [0.15, 0.2) is 24.4 Å². The summed E-state index contributed by atoms with van der Waals surface area (Å²) in [5, 5.41) is 9.62. The lowest BCUT2D eigenvalue weighted by atomic mass is 10.1. The molecule has 0 bridgehead atoms. The number of aromatic nitrogens is 3. The van der Waals surface area contributed by atoms with E-state index in [2.05, 4.69) is 19.9 Å². The number of fused-ring (bicyclic) bond motifs is 3. The lowest BCUT2D eigenvalue weighted by Gasteiger charge is -1.97. The molecule has 1 N–H and O–H groups in total. The van der Waals surface area contributed by atoms with Crippen molar-refractivity contribution in [3.8, 4) is 6.07 Å². The minimum absolute atomic E-state index is 0.277. The molecule has 20 heavy (non-hydrogen) atoms. The van der Waals surface area contributed by atoms with Gasteiger partial charge in [-0.15, -0.1) is 0 Å². The van der Waals surface area contributed by atoms with Crippen molar-refractivity contribution in [2.24, 2.45) is 0 Å². The predicted octanol–water partition coefficient (Wildman–Crippen LogP) is 1.95. The highest BCUT2D eigenvalue weighted by Gasteiger charge is 2.12. The number of nitriles is 1. The summed E-state index contributed by atoms with van der Waals surface area (Å²) >= 11 is 0. The molecule has 0 unspecified atom stereocenters. The Balaban J connectivity index is 2.20. The number of benzene rings is 1. The molecule has 2 heterocycles. The lowest BCUT2D eigenvalue weighted by molar-refractivity contribution is -0.182. The van der Waals surface area contributed by atoms with Gasteiger partial charge in [0.1, 0.15) is 12.2 Å². The molecule has 0 atom stereocenters. The molecular formula is C13H7FN4O2. The molecule has 0 radical (unpaired) electrons. The van der Waals surface area contributed by atoms with E-state index >= 15 is 0 Å². The summed E-state index contributed by atoms with van der Waals surface area (Å²) in [6, 6.07) is 7.09. The first-order chi connectivity index (χ1) is 9.71. The fraction of sp³-hybridized carbons (Fsp3) is 0.0769. The minimum atomic E-state index is -1.03. The molecule has 3 rings (SSSR count). The zero-order valence-electron chi connectivity index (χ0n) is 10.1. The third-order valence-corrected chi connectivity index (χ3v) is 2.89. The van der Waals surface area contributed by atoms with Crippen LogP contribution in [0.5, 0.6) is 0 Å². The molecule has 1 aromatic carbocycles. The monoisotopic (exact) mass is 270 g/mol. The molecule has 0 saturated carbocycles. The standard InChI is InChI=1S/C13H7FN4O2/c14-20-12(19)4-11-17-10-6-16-9-2-1-7(5-15)3-8(9)13(10)18-11/h1-3,6H,4H2,(H,17,18). The molecule has 0 aliphatic heterocycles. The van der Waals surface area contributed by atoms with E-state index in [1.807, 2.05) is 6.07 Å². The third kappa shape index (κ3) is 1.93. The van der Waals surface area contributed by atoms with Crippen molar-refractivity contribution in [3.05, 3.63) is 35.8 Å². The van der Waals surface area contributed by atoms with Crippen molar-refractivity contribution >= 4 is 27.9 Å². The van der Waals surface area contributed by atoms with Crippen molar-refractivity contribution in [2.45, 2.75) is 6.42 Å². The predicted molar refractivity (Wildman–Crippen MR) is 67.0 cm³/mol. The maximum atomic E-state index is 11.7. The summed E-state index contributed by atoms with van der Waals surface area (Å²) in [7, 11) is 0. The highest BCUT2D eigenvalue weighted by molar-refractivity contribution is 6.02. The zero-order valence-corrected chi connectivity index (χ0v) is 10.1. The van der Waals surface area contributed by atoms with Crippen LogP contribution in [0.25, 0.3) is 21.9 Å². The first-order valence-electron chi connectivity index (χ1n) is 5.70. The van der Waals surface area contributed by atoms with Gasteiger partial charge in [-0.3, -0.25) is 9.93 Å². The molecule has 0 aliphatic carbocycles. The van der Waals surface area contributed by atoms with Gasteiger partial charge < -0.3 is 4.98 Å². The number of halogens is 1.